The van der Waals surface area contributed by atoms with Gasteiger partial charge >= 0.3 is 6.18 Å². The lowest BCUT2D eigenvalue weighted by Crippen LogP contribution is -2.42. The van der Waals surface area contributed by atoms with Gasteiger partial charge in [-0.2, -0.15) is 13.2 Å². The average Bonchev–Trinajstić information content (AvgIpc) is 2.49. The van der Waals surface area contributed by atoms with Gasteiger partial charge in [0, 0.05) is 19.6 Å². The van der Waals surface area contributed by atoms with E-state index in [4.69, 9.17) is 0 Å². The van der Waals surface area contributed by atoms with Gasteiger partial charge in [-0.05, 0) is 18.4 Å². The Morgan fingerprint density at radius 1 is 1.50 bits per heavy atom. The van der Waals surface area contributed by atoms with Gasteiger partial charge in [0.15, 0.2) is 0 Å². The summed E-state index contributed by atoms with van der Waals surface area (Å²) in [5.41, 5.74) is -0.0474. The van der Waals surface area contributed by atoms with E-state index in [1.165, 1.54) is 11.0 Å². The number of nitrogens with one attached hydrogen (secondary N) is 1. The number of nitrogens with zero attached hydrogens (tertiary/aromatic N) is 1. The lowest BCUT2D eigenvalue weighted by molar-refractivity contribution is -0.147. The van der Waals surface area contributed by atoms with Gasteiger partial charge in [0.2, 0.25) is 0 Å². The van der Waals surface area contributed by atoms with Gasteiger partial charge in [-0.15, -0.1) is 6.58 Å². The monoisotopic (exact) mass is 236 g/mol. The second-order valence-electron chi connectivity index (χ2n) is 4.81. The predicted octanol–water partition coefficient (Wildman–Crippen LogP) is 2.04. The van der Waals surface area contributed by atoms with Crippen LogP contribution in [0.3, 0.4) is 0 Å². The van der Waals surface area contributed by atoms with E-state index in [1.54, 1.807) is 0 Å². The lowest BCUT2D eigenvalue weighted by Gasteiger charge is -2.31. The first-order chi connectivity index (χ1) is 7.35. The topological polar surface area (TPSA) is 15.3 Å². The predicted molar refractivity (Wildman–Crippen MR) is 58.3 cm³/mol. The molecule has 0 aromatic carbocycles. The third-order valence-corrected chi connectivity index (χ3v) is 2.85. The molecule has 0 aromatic heterocycles. The van der Waals surface area contributed by atoms with Crippen molar-refractivity contribution in [1.82, 2.24) is 10.2 Å². The molecule has 1 aliphatic heterocycles. The minimum absolute atomic E-state index is 0.0474. The Balaban J connectivity index is 2.53. The normalized spacial score (nSPS) is 26.3. The molecule has 1 rings (SSSR count). The summed E-state index contributed by atoms with van der Waals surface area (Å²) >= 11 is 0. The summed E-state index contributed by atoms with van der Waals surface area (Å²) in [5, 5.41) is 3.19. The van der Waals surface area contributed by atoms with E-state index in [9.17, 15) is 13.2 Å². The van der Waals surface area contributed by atoms with Gasteiger partial charge in [-0.25, -0.2) is 0 Å². The van der Waals surface area contributed by atoms with E-state index in [0.717, 1.165) is 19.5 Å². The van der Waals surface area contributed by atoms with E-state index < -0.39 is 12.7 Å². The summed E-state index contributed by atoms with van der Waals surface area (Å²) in [5.74, 6) is 0. The van der Waals surface area contributed by atoms with Crippen LogP contribution in [-0.4, -0.2) is 43.8 Å². The zero-order chi connectivity index (χ0) is 12.2. The molecule has 2 nitrogen and oxygen atoms in total. The van der Waals surface area contributed by atoms with Crippen molar-refractivity contribution < 1.29 is 13.2 Å². The molecule has 1 atom stereocenters. The Morgan fingerprint density at radius 3 is 2.62 bits per heavy atom. The molecule has 5 heteroatoms. The van der Waals surface area contributed by atoms with Gasteiger partial charge in [-0.3, -0.25) is 4.90 Å². The maximum atomic E-state index is 12.3. The highest BCUT2D eigenvalue weighted by atomic mass is 19.4. The number of hydrogen-bond donors (Lipinski definition) is 1. The van der Waals surface area contributed by atoms with E-state index in [2.05, 4.69) is 11.9 Å². The third kappa shape index (κ3) is 4.53. The summed E-state index contributed by atoms with van der Waals surface area (Å²) in [6, 6.07) is 0. The second-order valence-corrected chi connectivity index (χ2v) is 4.81. The molecule has 1 saturated heterocycles. The van der Waals surface area contributed by atoms with E-state index >= 15 is 0 Å². The smallest absolute Gasteiger partial charge is 0.316 e. The SMILES string of the molecule is C=CCN(CC(F)(F)F)CC1(C)CCNC1. The zero-order valence-electron chi connectivity index (χ0n) is 9.61. The highest BCUT2D eigenvalue weighted by Crippen LogP contribution is 2.27. The molecule has 1 aliphatic rings. The highest BCUT2D eigenvalue weighted by Gasteiger charge is 2.35. The Kier molecular flexibility index (Phi) is 4.38. The van der Waals surface area contributed by atoms with Crippen molar-refractivity contribution in [3.8, 4) is 0 Å². The Morgan fingerprint density at radius 2 is 2.19 bits per heavy atom. The molecule has 1 N–H and O–H groups in total. The molecule has 1 heterocycles. The summed E-state index contributed by atoms with van der Waals surface area (Å²) < 4.78 is 37.0. The fourth-order valence-electron chi connectivity index (χ4n) is 2.16. The first kappa shape index (κ1) is 13.5. The van der Waals surface area contributed by atoms with Crippen LogP contribution in [0.1, 0.15) is 13.3 Å². The van der Waals surface area contributed by atoms with Crippen molar-refractivity contribution in [2.24, 2.45) is 5.41 Å². The number of rotatable bonds is 5. The molecule has 0 aliphatic carbocycles. The zero-order valence-corrected chi connectivity index (χ0v) is 9.61. The number of alkyl halides is 3. The van der Waals surface area contributed by atoms with E-state index in [0.29, 0.717) is 6.54 Å². The summed E-state index contributed by atoms with van der Waals surface area (Å²) in [4.78, 5) is 1.42. The van der Waals surface area contributed by atoms with Crippen molar-refractivity contribution in [3.63, 3.8) is 0 Å². The van der Waals surface area contributed by atoms with Gasteiger partial charge < -0.3 is 5.32 Å². The first-order valence-corrected chi connectivity index (χ1v) is 5.45. The minimum atomic E-state index is -4.13. The second kappa shape index (κ2) is 5.19. The average molecular weight is 236 g/mol. The van der Waals surface area contributed by atoms with Crippen LogP contribution in [0.2, 0.25) is 0 Å². The van der Waals surface area contributed by atoms with Gasteiger partial charge in [-0.1, -0.05) is 13.0 Å². The fraction of sp³-hybridized carbons (Fsp3) is 0.818. The maximum absolute atomic E-state index is 12.3. The number of halogens is 3. The van der Waals surface area contributed by atoms with Crippen molar-refractivity contribution in [1.29, 1.82) is 0 Å². The molecule has 1 unspecified atom stereocenters. The van der Waals surface area contributed by atoms with Crippen molar-refractivity contribution in [3.05, 3.63) is 12.7 Å². The molecule has 1 fully saturated rings. The van der Waals surface area contributed by atoms with Gasteiger partial charge in [0.25, 0.3) is 0 Å². The summed E-state index contributed by atoms with van der Waals surface area (Å²) in [6.07, 6.45) is -1.68. The molecule has 0 radical (unpaired) electrons. The number of hydrogen-bond acceptors (Lipinski definition) is 2. The summed E-state index contributed by atoms with van der Waals surface area (Å²) in [7, 11) is 0. The molecule has 0 amide bonds. The maximum Gasteiger partial charge on any atom is 0.401 e. The Labute approximate surface area is 94.5 Å². The molecule has 0 spiro atoms. The van der Waals surface area contributed by atoms with E-state index in [-0.39, 0.29) is 12.0 Å². The third-order valence-electron chi connectivity index (χ3n) is 2.85. The van der Waals surface area contributed by atoms with Crippen molar-refractivity contribution in [2.45, 2.75) is 19.5 Å². The Hall–Kier alpha value is -0.550. The molecule has 16 heavy (non-hydrogen) atoms. The Bertz CT molecular complexity index is 232. The lowest BCUT2D eigenvalue weighted by atomic mass is 9.89. The van der Waals surface area contributed by atoms with E-state index in [1.807, 2.05) is 6.92 Å². The quantitative estimate of drug-likeness (QED) is 0.735. The van der Waals surface area contributed by atoms with Crippen LogP contribution in [0.15, 0.2) is 12.7 Å². The molecule has 0 aromatic rings. The molecule has 94 valence electrons. The fourth-order valence-corrected chi connectivity index (χ4v) is 2.16. The van der Waals surface area contributed by atoms with Crippen LogP contribution >= 0.6 is 0 Å². The van der Waals surface area contributed by atoms with Crippen molar-refractivity contribution in [2.75, 3.05) is 32.7 Å². The molecular formula is C11H19F3N2. The minimum Gasteiger partial charge on any atom is -0.316 e. The summed E-state index contributed by atoms with van der Waals surface area (Å²) in [6.45, 7) is 7.11. The van der Waals surface area contributed by atoms with Gasteiger partial charge in [0.1, 0.15) is 0 Å². The van der Waals surface area contributed by atoms with Crippen LogP contribution in [0.4, 0.5) is 13.2 Å². The van der Waals surface area contributed by atoms with Crippen molar-refractivity contribution >= 4 is 0 Å². The molecular weight excluding hydrogens is 217 g/mol. The molecule has 0 bridgehead atoms. The van der Waals surface area contributed by atoms with Crippen LogP contribution in [0, 0.1) is 5.41 Å². The van der Waals surface area contributed by atoms with Crippen LogP contribution in [-0.2, 0) is 0 Å². The molecule has 0 saturated carbocycles. The van der Waals surface area contributed by atoms with Crippen LogP contribution in [0.5, 0.6) is 0 Å². The highest BCUT2D eigenvalue weighted by molar-refractivity contribution is 4.88. The largest absolute Gasteiger partial charge is 0.401 e. The van der Waals surface area contributed by atoms with Crippen LogP contribution < -0.4 is 5.32 Å². The van der Waals surface area contributed by atoms with Gasteiger partial charge in [0.05, 0.1) is 6.54 Å². The standard InChI is InChI=1S/C11H19F3N2/c1-3-6-16(9-11(12,13)14)8-10(2)4-5-15-7-10/h3,15H,1,4-9H2,2H3. The van der Waals surface area contributed by atoms with Crippen LogP contribution in [0.25, 0.3) is 0 Å². The first-order valence-electron chi connectivity index (χ1n) is 5.45.